The van der Waals surface area contributed by atoms with Crippen molar-refractivity contribution in [1.29, 1.82) is 0 Å². The van der Waals surface area contributed by atoms with Crippen LogP contribution in [0.5, 0.6) is 0 Å². The van der Waals surface area contributed by atoms with Gasteiger partial charge in [-0.1, -0.05) is 19.3 Å². The zero-order valence-corrected chi connectivity index (χ0v) is 12.8. The molecule has 1 saturated carbocycles. The molecule has 1 spiro atoms. The molecule has 1 aliphatic heterocycles. The molecule has 2 heterocycles. The first-order valence-electron chi connectivity index (χ1n) is 7.66. The van der Waals surface area contributed by atoms with Crippen LogP contribution >= 0.6 is 11.3 Å². The van der Waals surface area contributed by atoms with Gasteiger partial charge in [0.05, 0.1) is 5.01 Å². The molecule has 1 amide bonds. The third-order valence-corrected chi connectivity index (χ3v) is 5.68. The fourth-order valence-corrected chi connectivity index (χ4v) is 4.42. The predicted molar refractivity (Wildman–Crippen MR) is 80.9 cm³/mol. The molecular formula is C15H23N3OS. The van der Waals surface area contributed by atoms with Crippen LogP contribution in [0.3, 0.4) is 0 Å². The summed E-state index contributed by atoms with van der Waals surface area (Å²) in [5.74, 6) is 0.118. The van der Waals surface area contributed by atoms with Crippen LogP contribution in [-0.2, 0) is 6.42 Å². The molecule has 0 bridgehead atoms. The van der Waals surface area contributed by atoms with Crippen molar-refractivity contribution in [3.8, 4) is 0 Å². The molecule has 0 aromatic carbocycles. The zero-order valence-electron chi connectivity index (χ0n) is 11.9. The summed E-state index contributed by atoms with van der Waals surface area (Å²) in [7, 11) is 0. The quantitative estimate of drug-likeness (QED) is 0.931. The third kappa shape index (κ3) is 2.74. The maximum absolute atomic E-state index is 12.5. The van der Waals surface area contributed by atoms with Crippen LogP contribution in [0.4, 0.5) is 0 Å². The predicted octanol–water partition coefficient (Wildman–Crippen LogP) is 2.44. The van der Waals surface area contributed by atoms with E-state index in [1.807, 2.05) is 10.3 Å². The van der Waals surface area contributed by atoms with Crippen LogP contribution in [0.25, 0.3) is 0 Å². The highest BCUT2D eigenvalue weighted by Crippen LogP contribution is 2.43. The van der Waals surface area contributed by atoms with Crippen LogP contribution in [0.1, 0.15) is 54.0 Å². The Morgan fingerprint density at radius 2 is 2.15 bits per heavy atom. The van der Waals surface area contributed by atoms with E-state index in [-0.39, 0.29) is 5.91 Å². The van der Waals surface area contributed by atoms with E-state index in [9.17, 15) is 4.79 Å². The number of carbonyl (C=O) groups is 1. The third-order valence-electron chi connectivity index (χ3n) is 4.77. The van der Waals surface area contributed by atoms with Crippen LogP contribution < -0.4 is 5.73 Å². The van der Waals surface area contributed by atoms with Crippen molar-refractivity contribution in [2.75, 3.05) is 19.6 Å². The lowest BCUT2D eigenvalue weighted by Crippen LogP contribution is -2.33. The molecule has 0 radical (unpaired) electrons. The van der Waals surface area contributed by atoms with E-state index < -0.39 is 0 Å². The molecule has 110 valence electrons. The van der Waals surface area contributed by atoms with Gasteiger partial charge in [0.25, 0.3) is 5.91 Å². The first-order valence-corrected chi connectivity index (χ1v) is 8.54. The molecule has 0 atom stereocenters. The Labute approximate surface area is 124 Å². The second-order valence-electron chi connectivity index (χ2n) is 6.20. The van der Waals surface area contributed by atoms with Crippen LogP contribution in [0, 0.1) is 5.41 Å². The van der Waals surface area contributed by atoms with Crippen LogP contribution in [0.15, 0.2) is 5.38 Å². The number of aromatic nitrogens is 1. The van der Waals surface area contributed by atoms with Gasteiger partial charge < -0.3 is 10.6 Å². The molecule has 1 saturated heterocycles. The minimum Gasteiger partial charge on any atom is -0.337 e. The smallest absolute Gasteiger partial charge is 0.273 e. The van der Waals surface area contributed by atoms with Gasteiger partial charge in [0, 0.05) is 24.9 Å². The lowest BCUT2D eigenvalue weighted by Gasteiger charge is -2.33. The molecule has 3 rings (SSSR count). The molecule has 2 aliphatic rings. The maximum Gasteiger partial charge on any atom is 0.273 e. The molecule has 2 N–H and O–H groups in total. The lowest BCUT2D eigenvalue weighted by molar-refractivity contribution is 0.0754. The fourth-order valence-electron chi connectivity index (χ4n) is 3.63. The number of likely N-dealkylation sites (tertiary alicyclic amines) is 1. The number of hydrogen-bond donors (Lipinski definition) is 1. The van der Waals surface area contributed by atoms with Crippen molar-refractivity contribution in [2.45, 2.75) is 44.9 Å². The first kappa shape index (κ1) is 14.0. The number of amides is 1. The molecule has 4 nitrogen and oxygen atoms in total. The number of nitrogens with two attached hydrogens (primary N) is 1. The largest absolute Gasteiger partial charge is 0.337 e. The van der Waals surface area contributed by atoms with Gasteiger partial charge in [0.1, 0.15) is 5.69 Å². The van der Waals surface area contributed by atoms with Crippen LogP contribution in [-0.4, -0.2) is 35.4 Å². The second kappa shape index (κ2) is 5.82. The van der Waals surface area contributed by atoms with Gasteiger partial charge in [-0.2, -0.15) is 0 Å². The number of nitrogens with zero attached hydrogens (tertiary/aromatic N) is 2. The summed E-state index contributed by atoms with van der Waals surface area (Å²) in [4.78, 5) is 19.0. The highest BCUT2D eigenvalue weighted by molar-refractivity contribution is 7.09. The molecule has 1 aromatic heterocycles. The summed E-state index contributed by atoms with van der Waals surface area (Å²) in [6.07, 6.45) is 8.57. The Hall–Kier alpha value is -0.940. The van der Waals surface area contributed by atoms with Gasteiger partial charge in [-0.25, -0.2) is 4.98 Å². The molecular weight excluding hydrogens is 270 g/mol. The standard InChI is InChI=1S/C15H23N3OS/c16-8-4-13-17-12(10-20-13)14(19)18-9-7-15(11-18)5-2-1-3-6-15/h10H,1-9,11,16H2. The van der Waals surface area contributed by atoms with E-state index in [0.717, 1.165) is 24.5 Å². The van der Waals surface area contributed by atoms with E-state index in [2.05, 4.69) is 4.98 Å². The monoisotopic (exact) mass is 293 g/mol. The number of thiazole rings is 1. The minimum atomic E-state index is 0.118. The Kier molecular flexibility index (Phi) is 4.08. The van der Waals surface area contributed by atoms with Crippen molar-refractivity contribution in [3.63, 3.8) is 0 Å². The van der Waals surface area contributed by atoms with Gasteiger partial charge in [-0.3, -0.25) is 4.79 Å². The molecule has 5 heteroatoms. The Morgan fingerprint density at radius 1 is 1.35 bits per heavy atom. The average molecular weight is 293 g/mol. The highest BCUT2D eigenvalue weighted by atomic mass is 32.1. The van der Waals surface area contributed by atoms with E-state index >= 15 is 0 Å². The highest BCUT2D eigenvalue weighted by Gasteiger charge is 2.40. The fraction of sp³-hybridized carbons (Fsp3) is 0.733. The Morgan fingerprint density at radius 3 is 2.90 bits per heavy atom. The molecule has 20 heavy (non-hydrogen) atoms. The average Bonchev–Trinajstić information content (AvgIpc) is 3.08. The van der Waals surface area contributed by atoms with Crippen molar-refractivity contribution in [1.82, 2.24) is 9.88 Å². The van der Waals surface area contributed by atoms with Gasteiger partial charge in [0.2, 0.25) is 0 Å². The SMILES string of the molecule is NCCc1nc(C(=O)N2CCC3(CCCCC3)C2)cs1. The summed E-state index contributed by atoms with van der Waals surface area (Å²) in [6, 6.07) is 0. The maximum atomic E-state index is 12.5. The van der Waals surface area contributed by atoms with E-state index in [1.165, 1.54) is 38.5 Å². The topological polar surface area (TPSA) is 59.2 Å². The van der Waals surface area contributed by atoms with E-state index in [0.29, 0.717) is 17.7 Å². The summed E-state index contributed by atoms with van der Waals surface area (Å²) >= 11 is 1.55. The summed E-state index contributed by atoms with van der Waals surface area (Å²) < 4.78 is 0. The van der Waals surface area contributed by atoms with Gasteiger partial charge in [0.15, 0.2) is 0 Å². The zero-order chi connectivity index (χ0) is 14.0. The Bertz CT molecular complexity index is 479. The second-order valence-corrected chi connectivity index (χ2v) is 7.15. The normalized spacial score (nSPS) is 21.6. The van der Waals surface area contributed by atoms with Gasteiger partial charge in [-0.05, 0) is 31.2 Å². The molecule has 2 fully saturated rings. The van der Waals surface area contributed by atoms with Crippen LogP contribution in [0.2, 0.25) is 0 Å². The lowest BCUT2D eigenvalue weighted by atomic mass is 9.73. The summed E-state index contributed by atoms with van der Waals surface area (Å²) in [5.41, 5.74) is 6.57. The minimum absolute atomic E-state index is 0.118. The van der Waals surface area contributed by atoms with Crippen molar-refractivity contribution in [3.05, 3.63) is 16.1 Å². The summed E-state index contributed by atoms with van der Waals surface area (Å²) in [5, 5.41) is 2.86. The van der Waals surface area contributed by atoms with Crippen molar-refractivity contribution in [2.24, 2.45) is 11.1 Å². The number of hydrogen-bond acceptors (Lipinski definition) is 4. The van der Waals surface area contributed by atoms with Gasteiger partial charge in [-0.15, -0.1) is 11.3 Å². The summed E-state index contributed by atoms with van der Waals surface area (Å²) in [6.45, 7) is 2.44. The number of carbonyl (C=O) groups excluding carboxylic acids is 1. The van der Waals surface area contributed by atoms with Gasteiger partial charge >= 0.3 is 0 Å². The molecule has 1 aromatic rings. The number of rotatable bonds is 3. The molecule has 0 unspecified atom stereocenters. The van der Waals surface area contributed by atoms with E-state index in [4.69, 9.17) is 5.73 Å². The van der Waals surface area contributed by atoms with E-state index in [1.54, 1.807) is 11.3 Å². The molecule has 1 aliphatic carbocycles. The Balaban J connectivity index is 1.65. The van der Waals surface area contributed by atoms with Crippen molar-refractivity contribution < 1.29 is 4.79 Å². The van der Waals surface area contributed by atoms with Crippen molar-refractivity contribution >= 4 is 17.2 Å². The first-order chi connectivity index (χ1) is 9.72.